The molecule has 1 amide bonds. The van der Waals surface area contributed by atoms with E-state index in [4.69, 9.17) is 9.15 Å². The Hall–Kier alpha value is -2.80. The molecule has 0 saturated carbocycles. The van der Waals surface area contributed by atoms with Crippen molar-refractivity contribution in [1.29, 1.82) is 0 Å². The highest BCUT2D eigenvalue weighted by Gasteiger charge is 2.10. The van der Waals surface area contributed by atoms with Gasteiger partial charge in [-0.15, -0.1) is 10.2 Å². The van der Waals surface area contributed by atoms with Crippen LogP contribution in [0.5, 0.6) is 5.75 Å². The Balaban J connectivity index is 1.39. The Morgan fingerprint density at radius 3 is 2.45 bits per heavy atom. The topological polar surface area (TPSA) is 77.2 Å². The second-order valence-corrected chi connectivity index (χ2v) is 7.48. The molecule has 0 radical (unpaired) electrons. The third-order valence-corrected chi connectivity index (χ3v) is 5.25. The highest BCUT2D eigenvalue weighted by atomic mass is 32.2. The maximum absolute atomic E-state index is 12.1. The van der Waals surface area contributed by atoms with E-state index in [1.165, 1.54) is 22.9 Å². The first kappa shape index (κ1) is 20.9. The quantitative estimate of drug-likeness (QED) is 0.493. The zero-order valence-electron chi connectivity index (χ0n) is 16.7. The first-order valence-corrected chi connectivity index (χ1v) is 10.6. The standard InChI is InChI=1S/C22H25N3O3S/c1-3-16-7-11-18(12-8-16)23-20(26)15-29-22-25-24-21(28-22)6-4-5-17-9-13-19(27-2)14-10-17/h7-14H,3-6,15H2,1-2H3,(H,23,26). The fraction of sp³-hybridized carbons (Fsp3) is 0.318. The second-order valence-electron chi connectivity index (χ2n) is 6.55. The third kappa shape index (κ3) is 6.64. The largest absolute Gasteiger partial charge is 0.497 e. The van der Waals surface area contributed by atoms with Crippen LogP contribution in [0.4, 0.5) is 5.69 Å². The van der Waals surface area contributed by atoms with E-state index < -0.39 is 0 Å². The molecule has 3 rings (SSSR count). The molecule has 3 aromatic rings. The lowest BCUT2D eigenvalue weighted by molar-refractivity contribution is -0.113. The van der Waals surface area contributed by atoms with Gasteiger partial charge >= 0.3 is 0 Å². The van der Waals surface area contributed by atoms with Crippen LogP contribution < -0.4 is 10.1 Å². The smallest absolute Gasteiger partial charge is 0.277 e. The molecule has 1 heterocycles. The number of hydrogen-bond acceptors (Lipinski definition) is 6. The minimum Gasteiger partial charge on any atom is -0.497 e. The average Bonchev–Trinajstić information content (AvgIpc) is 3.21. The number of amides is 1. The molecule has 0 spiro atoms. The second kappa shape index (κ2) is 10.7. The fourth-order valence-electron chi connectivity index (χ4n) is 2.78. The number of carbonyl (C=O) groups is 1. The van der Waals surface area contributed by atoms with Crippen molar-refractivity contribution in [2.75, 3.05) is 18.2 Å². The zero-order chi connectivity index (χ0) is 20.5. The Morgan fingerprint density at radius 1 is 1.03 bits per heavy atom. The summed E-state index contributed by atoms with van der Waals surface area (Å²) in [6.45, 7) is 2.10. The van der Waals surface area contributed by atoms with Crippen LogP contribution in [0.3, 0.4) is 0 Å². The number of aromatic nitrogens is 2. The molecule has 0 atom stereocenters. The van der Waals surface area contributed by atoms with Crippen LogP contribution in [0.2, 0.25) is 0 Å². The lowest BCUT2D eigenvalue weighted by Gasteiger charge is -2.04. The van der Waals surface area contributed by atoms with Gasteiger partial charge in [0.1, 0.15) is 5.75 Å². The van der Waals surface area contributed by atoms with E-state index in [2.05, 4.69) is 34.6 Å². The number of hydrogen-bond donors (Lipinski definition) is 1. The van der Waals surface area contributed by atoms with Crippen molar-refractivity contribution < 1.29 is 13.9 Å². The SMILES string of the molecule is CCc1ccc(NC(=O)CSc2nnc(CCCc3ccc(OC)cc3)o2)cc1. The molecular formula is C22H25N3O3S. The molecule has 0 aliphatic carbocycles. The van der Waals surface area contributed by atoms with Crippen molar-refractivity contribution in [3.8, 4) is 5.75 Å². The molecule has 7 heteroatoms. The highest BCUT2D eigenvalue weighted by Crippen LogP contribution is 2.19. The fourth-order valence-corrected chi connectivity index (χ4v) is 3.36. The Bertz CT molecular complexity index is 908. The molecule has 0 aliphatic heterocycles. The monoisotopic (exact) mass is 411 g/mol. The predicted molar refractivity (Wildman–Crippen MR) is 114 cm³/mol. The number of carbonyl (C=O) groups excluding carboxylic acids is 1. The molecule has 1 N–H and O–H groups in total. The van der Waals surface area contributed by atoms with Gasteiger partial charge < -0.3 is 14.5 Å². The summed E-state index contributed by atoms with van der Waals surface area (Å²) in [4.78, 5) is 12.1. The van der Waals surface area contributed by atoms with E-state index in [0.717, 1.165) is 30.7 Å². The van der Waals surface area contributed by atoms with E-state index in [9.17, 15) is 4.79 Å². The lowest BCUT2D eigenvalue weighted by Crippen LogP contribution is -2.13. The van der Waals surface area contributed by atoms with Crippen LogP contribution in [-0.4, -0.2) is 29.0 Å². The number of rotatable bonds is 10. The lowest BCUT2D eigenvalue weighted by atomic mass is 10.1. The molecule has 152 valence electrons. The van der Waals surface area contributed by atoms with Crippen molar-refractivity contribution in [1.82, 2.24) is 10.2 Å². The Labute approximate surface area is 175 Å². The Kier molecular flexibility index (Phi) is 7.69. The number of nitrogens with one attached hydrogen (secondary N) is 1. The molecular weight excluding hydrogens is 386 g/mol. The van der Waals surface area contributed by atoms with Crippen LogP contribution in [0.15, 0.2) is 58.2 Å². The van der Waals surface area contributed by atoms with Gasteiger partial charge in [0.2, 0.25) is 11.8 Å². The average molecular weight is 412 g/mol. The maximum Gasteiger partial charge on any atom is 0.277 e. The van der Waals surface area contributed by atoms with Crippen molar-refractivity contribution in [3.63, 3.8) is 0 Å². The van der Waals surface area contributed by atoms with Gasteiger partial charge in [0.25, 0.3) is 5.22 Å². The zero-order valence-corrected chi connectivity index (χ0v) is 17.5. The molecule has 6 nitrogen and oxygen atoms in total. The van der Waals surface area contributed by atoms with E-state index in [-0.39, 0.29) is 11.7 Å². The number of anilines is 1. The normalized spacial score (nSPS) is 10.7. The number of ether oxygens (including phenoxy) is 1. The summed E-state index contributed by atoms with van der Waals surface area (Å²) in [7, 11) is 1.66. The van der Waals surface area contributed by atoms with Crippen molar-refractivity contribution in [2.45, 2.75) is 37.8 Å². The summed E-state index contributed by atoms with van der Waals surface area (Å²) >= 11 is 1.24. The van der Waals surface area contributed by atoms with E-state index in [1.807, 2.05) is 36.4 Å². The number of aryl methyl sites for hydroxylation is 3. The van der Waals surface area contributed by atoms with E-state index in [0.29, 0.717) is 17.5 Å². The van der Waals surface area contributed by atoms with Crippen molar-refractivity contribution in [2.24, 2.45) is 0 Å². The number of nitrogens with zero attached hydrogens (tertiary/aromatic N) is 2. The van der Waals surface area contributed by atoms with Gasteiger partial charge in [-0.1, -0.05) is 43.0 Å². The van der Waals surface area contributed by atoms with Crippen LogP contribution in [0.1, 0.15) is 30.4 Å². The Morgan fingerprint density at radius 2 is 1.76 bits per heavy atom. The van der Waals surface area contributed by atoms with Crippen molar-refractivity contribution in [3.05, 3.63) is 65.5 Å². The van der Waals surface area contributed by atoms with Crippen LogP contribution in [0, 0.1) is 0 Å². The number of methoxy groups -OCH3 is 1. The third-order valence-electron chi connectivity index (χ3n) is 4.44. The predicted octanol–water partition coefficient (Wildman–Crippen LogP) is 4.55. The first-order valence-electron chi connectivity index (χ1n) is 9.63. The van der Waals surface area contributed by atoms with Crippen LogP contribution >= 0.6 is 11.8 Å². The summed E-state index contributed by atoms with van der Waals surface area (Å²) in [5, 5.41) is 11.4. The summed E-state index contributed by atoms with van der Waals surface area (Å²) in [6, 6.07) is 15.9. The van der Waals surface area contributed by atoms with E-state index in [1.54, 1.807) is 7.11 Å². The van der Waals surface area contributed by atoms with Gasteiger partial charge in [-0.2, -0.15) is 0 Å². The molecule has 2 aromatic carbocycles. The summed E-state index contributed by atoms with van der Waals surface area (Å²) < 4.78 is 10.8. The molecule has 0 fully saturated rings. The van der Waals surface area contributed by atoms with Gasteiger partial charge in [-0.3, -0.25) is 4.79 Å². The van der Waals surface area contributed by atoms with Gasteiger partial charge in [-0.25, -0.2) is 0 Å². The minimum absolute atomic E-state index is 0.0986. The summed E-state index contributed by atoms with van der Waals surface area (Å²) in [5.74, 6) is 1.58. The molecule has 0 unspecified atom stereocenters. The van der Waals surface area contributed by atoms with Gasteiger partial charge in [0.15, 0.2) is 0 Å². The molecule has 29 heavy (non-hydrogen) atoms. The van der Waals surface area contributed by atoms with Crippen LogP contribution in [0.25, 0.3) is 0 Å². The molecule has 0 saturated heterocycles. The number of thioether (sulfide) groups is 1. The molecule has 0 aliphatic rings. The summed E-state index contributed by atoms with van der Waals surface area (Å²) in [6.07, 6.45) is 3.51. The molecule has 0 bridgehead atoms. The van der Waals surface area contributed by atoms with Crippen molar-refractivity contribution >= 4 is 23.4 Å². The first-order chi connectivity index (χ1) is 14.2. The minimum atomic E-state index is -0.0986. The van der Waals surface area contributed by atoms with Gasteiger partial charge in [-0.05, 0) is 54.7 Å². The van der Waals surface area contributed by atoms with E-state index >= 15 is 0 Å². The highest BCUT2D eigenvalue weighted by molar-refractivity contribution is 7.99. The number of benzene rings is 2. The van der Waals surface area contributed by atoms with Crippen LogP contribution in [-0.2, 0) is 24.1 Å². The van der Waals surface area contributed by atoms with Gasteiger partial charge in [0, 0.05) is 12.1 Å². The summed E-state index contributed by atoms with van der Waals surface area (Å²) in [5.41, 5.74) is 3.27. The molecule has 1 aromatic heterocycles. The maximum atomic E-state index is 12.1. The van der Waals surface area contributed by atoms with Gasteiger partial charge in [0.05, 0.1) is 12.9 Å².